The largest absolute Gasteiger partial charge is 0.127 e. The van der Waals surface area contributed by atoms with Gasteiger partial charge in [-0.05, 0) is 5.54 Å². The predicted molar refractivity (Wildman–Crippen MR) is 56.1 cm³/mol. The standard InChI is InChI=1S/C10H18Si/c1-6-10(5)11(7-2,8-3)9-4/h7-10H,2-4,6H2,1,5H3. The third-order valence-electron chi connectivity index (χ3n) is 2.53. The monoisotopic (exact) mass is 166 g/mol. The summed E-state index contributed by atoms with van der Waals surface area (Å²) in [6, 6.07) is 0. The molecule has 62 valence electrons. The SMILES string of the molecule is C=C[Si](C=C)(C=C)C(C)CC. The summed E-state index contributed by atoms with van der Waals surface area (Å²) >= 11 is 0. The van der Waals surface area contributed by atoms with Crippen LogP contribution in [0.3, 0.4) is 0 Å². The van der Waals surface area contributed by atoms with Crippen molar-refractivity contribution in [2.75, 3.05) is 0 Å². The van der Waals surface area contributed by atoms with Crippen LogP contribution in [0, 0.1) is 0 Å². The maximum Gasteiger partial charge on any atom is 0.127 e. The molecule has 1 atom stereocenters. The second-order valence-electron chi connectivity index (χ2n) is 2.92. The van der Waals surface area contributed by atoms with Crippen molar-refractivity contribution < 1.29 is 0 Å². The van der Waals surface area contributed by atoms with Crippen molar-refractivity contribution in [2.24, 2.45) is 0 Å². The first-order valence-corrected chi connectivity index (χ1v) is 6.38. The van der Waals surface area contributed by atoms with E-state index >= 15 is 0 Å². The predicted octanol–water partition coefficient (Wildman–Crippen LogP) is 3.41. The lowest BCUT2D eigenvalue weighted by atomic mass is 10.4. The molecule has 0 N–H and O–H groups in total. The van der Waals surface area contributed by atoms with Crippen LogP contribution in [0.1, 0.15) is 20.3 Å². The van der Waals surface area contributed by atoms with Gasteiger partial charge < -0.3 is 0 Å². The number of hydrogen-bond donors (Lipinski definition) is 0. The Bertz CT molecular complexity index is 136. The Hall–Kier alpha value is -0.563. The van der Waals surface area contributed by atoms with Crippen molar-refractivity contribution in [1.82, 2.24) is 0 Å². The summed E-state index contributed by atoms with van der Waals surface area (Å²) in [6.07, 6.45) is 1.18. The van der Waals surface area contributed by atoms with Gasteiger partial charge in [0, 0.05) is 0 Å². The summed E-state index contributed by atoms with van der Waals surface area (Å²) < 4.78 is 0. The molecule has 0 heterocycles. The van der Waals surface area contributed by atoms with E-state index in [-0.39, 0.29) is 0 Å². The molecule has 0 radical (unpaired) electrons. The molecule has 11 heavy (non-hydrogen) atoms. The minimum Gasteiger partial charge on any atom is -0.106 e. The Kier molecular flexibility index (Phi) is 4.12. The van der Waals surface area contributed by atoms with Crippen molar-refractivity contribution in [3.05, 3.63) is 36.8 Å². The fourth-order valence-electron chi connectivity index (χ4n) is 1.21. The molecule has 1 heteroatoms. The normalized spacial score (nSPS) is 13.6. The quantitative estimate of drug-likeness (QED) is 0.549. The zero-order valence-corrected chi connectivity index (χ0v) is 8.64. The van der Waals surface area contributed by atoms with Gasteiger partial charge in [0.25, 0.3) is 0 Å². The maximum absolute atomic E-state index is 3.86. The third-order valence-corrected chi connectivity index (χ3v) is 6.76. The maximum atomic E-state index is 3.86. The number of rotatable bonds is 5. The van der Waals surface area contributed by atoms with Crippen LogP contribution in [0.15, 0.2) is 36.8 Å². The third kappa shape index (κ3) is 1.93. The molecule has 0 aliphatic heterocycles. The van der Waals surface area contributed by atoms with Crippen molar-refractivity contribution in [1.29, 1.82) is 0 Å². The van der Waals surface area contributed by atoms with Crippen molar-refractivity contribution in [3.63, 3.8) is 0 Å². The van der Waals surface area contributed by atoms with E-state index in [1.807, 2.05) is 0 Å². The molecule has 0 aromatic rings. The van der Waals surface area contributed by atoms with Crippen molar-refractivity contribution >= 4 is 8.07 Å². The van der Waals surface area contributed by atoms with Gasteiger partial charge in [-0.25, -0.2) is 0 Å². The molecule has 0 amide bonds. The molecule has 1 unspecified atom stereocenters. The molecular weight excluding hydrogens is 148 g/mol. The molecule has 0 rings (SSSR count). The second-order valence-corrected chi connectivity index (χ2v) is 7.13. The van der Waals surface area contributed by atoms with Gasteiger partial charge in [-0.2, -0.15) is 0 Å². The molecule has 0 aliphatic rings. The fourth-order valence-corrected chi connectivity index (χ4v) is 3.62. The van der Waals surface area contributed by atoms with Crippen LogP contribution in [-0.4, -0.2) is 8.07 Å². The lowest BCUT2D eigenvalue weighted by molar-refractivity contribution is 0.856. The van der Waals surface area contributed by atoms with E-state index in [1.165, 1.54) is 6.42 Å². The van der Waals surface area contributed by atoms with E-state index in [4.69, 9.17) is 0 Å². The first kappa shape index (κ1) is 10.4. The summed E-state index contributed by atoms with van der Waals surface area (Å²) in [7, 11) is -1.53. The van der Waals surface area contributed by atoms with Gasteiger partial charge in [-0.15, -0.1) is 19.7 Å². The van der Waals surface area contributed by atoms with E-state index in [0.29, 0.717) is 5.54 Å². The smallest absolute Gasteiger partial charge is 0.106 e. The van der Waals surface area contributed by atoms with Gasteiger partial charge in [0.15, 0.2) is 0 Å². The molecule has 0 saturated heterocycles. The fraction of sp³-hybridized carbons (Fsp3) is 0.400. The minimum atomic E-state index is -1.53. The van der Waals surface area contributed by atoms with Gasteiger partial charge in [0.2, 0.25) is 0 Å². The molecule has 0 spiro atoms. The first-order chi connectivity index (χ1) is 5.16. The van der Waals surface area contributed by atoms with E-state index in [0.717, 1.165) is 0 Å². The Balaban J connectivity index is 4.66. The van der Waals surface area contributed by atoms with Gasteiger partial charge in [-0.3, -0.25) is 0 Å². The van der Waals surface area contributed by atoms with Crippen molar-refractivity contribution in [2.45, 2.75) is 25.8 Å². The van der Waals surface area contributed by atoms with Crippen LogP contribution < -0.4 is 0 Å². The zero-order valence-electron chi connectivity index (χ0n) is 7.64. The van der Waals surface area contributed by atoms with Gasteiger partial charge in [0.1, 0.15) is 8.07 Å². The lowest BCUT2D eigenvalue weighted by Crippen LogP contribution is -2.31. The highest BCUT2D eigenvalue weighted by Gasteiger charge is 2.27. The highest BCUT2D eigenvalue weighted by molar-refractivity contribution is 6.94. The topological polar surface area (TPSA) is 0 Å². The average molecular weight is 166 g/mol. The zero-order chi connectivity index (χ0) is 8.91. The van der Waals surface area contributed by atoms with Crippen LogP contribution in [0.2, 0.25) is 5.54 Å². The van der Waals surface area contributed by atoms with E-state index in [2.05, 4.69) is 50.7 Å². The Morgan fingerprint density at radius 1 is 1.18 bits per heavy atom. The van der Waals surface area contributed by atoms with Crippen LogP contribution in [0.25, 0.3) is 0 Å². The first-order valence-electron chi connectivity index (χ1n) is 4.07. The molecule has 0 aliphatic carbocycles. The molecular formula is C10H18Si. The second kappa shape index (κ2) is 4.34. The van der Waals surface area contributed by atoms with Gasteiger partial charge in [0.05, 0.1) is 0 Å². The van der Waals surface area contributed by atoms with Crippen LogP contribution >= 0.6 is 0 Å². The van der Waals surface area contributed by atoms with E-state index in [1.54, 1.807) is 0 Å². The summed E-state index contributed by atoms with van der Waals surface area (Å²) in [5.74, 6) is 0. The molecule has 0 bridgehead atoms. The van der Waals surface area contributed by atoms with Crippen LogP contribution in [0.4, 0.5) is 0 Å². The molecule has 0 saturated carbocycles. The lowest BCUT2D eigenvalue weighted by Gasteiger charge is -2.26. The summed E-state index contributed by atoms with van der Waals surface area (Å²) in [5.41, 5.74) is 6.85. The summed E-state index contributed by atoms with van der Waals surface area (Å²) in [5, 5.41) is 0. The van der Waals surface area contributed by atoms with Crippen LogP contribution in [0.5, 0.6) is 0 Å². The van der Waals surface area contributed by atoms with Crippen molar-refractivity contribution in [3.8, 4) is 0 Å². The summed E-state index contributed by atoms with van der Waals surface area (Å²) in [4.78, 5) is 0. The Morgan fingerprint density at radius 2 is 1.55 bits per heavy atom. The average Bonchev–Trinajstić information content (AvgIpc) is 2.08. The molecule has 0 aromatic heterocycles. The Morgan fingerprint density at radius 3 is 1.64 bits per heavy atom. The summed E-state index contributed by atoms with van der Waals surface area (Å²) in [6.45, 7) is 16.0. The Labute approximate surface area is 71.3 Å². The molecule has 0 fully saturated rings. The van der Waals surface area contributed by atoms with Crippen LogP contribution in [-0.2, 0) is 0 Å². The highest BCUT2D eigenvalue weighted by Crippen LogP contribution is 2.27. The van der Waals surface area contributed by atoms with E-state index in [9.17, 15) is 0 Å². The highest BCUT2D eigenvalue weighted by atomic mass is 28.3. The van der Waals surface area contributed by atoms with E-state index < -0.39 is 8.07 Å². The molecule has 0 aromatic carbocycles. The number of hydrogen-bond acceptors (Lipinski definition) is 0. The van der Waals surface area contributed by atoms with Gasteiger partial charge >= 0.3 is 0 Å². The van der Waals surface area contributed by atoms with Gasteiger partial charge in [-0.1, -0.05) is 37.4 Å². The minimum absolute atomic E-state index is 0.676. The molecule has 0 nitrogen and oxygen atoms in total.